The van der Waals surface area contributed by atoms with Gasteiger partial charge in [-0.05, 0) is 23.8 Å². The van der Waals surface area contributed by atoms with Crippen molar-refractivity contribution in [2.45, 2.75) is 18.5 Å². The smallest absolute Gasteiger partial charge is 0.296 e. The van der Waals surface area contributed by atoms with Gasteiger partial charge in [0, 0.05) is 31.9 Å². The number of oxazole rings is 1. The van der Waals surface area contributed by atoms with Gasteiger partial charge in [-0.1, -0.05) is 6.07 Å². The Labute approximate surface area is 137 Å². The van der Waals surface area contributed by atoms with Gasteiger partial charge in [0.25, 0.3) is 6.01 Å². The lowest BCUT2D eigenvalue weighted by molar-refractivity contribution is -0.127. The number of hydrogen-bond acceptors (Lipinski definition) is 5. The molecule has 2 aromatic heterocycles. The molecule has 1 aromatic carbocycles. The van der Waals surface area contributed by atoms with Gasteiger partial charge < -0.3 is 14.6 Å². The summed E-state index contributed by atoms with van der Waals surface area (Å²) in [5, 5.41) is 3.17. The Balaban J connectivity index is 1.65. The van der Waals surface area contributed by atoms with Crippen LogP contribution in [0.5, 0.6) is 0 Å². The van der Waals surface area contributed by atoms with Gasteiger partial charge in [0.1, 0.15) is 11.3 Å². The van der Waals surface area contributed by atoms with Crippen molar-refractivity contribution in [3.05, 3.63) is 54.1 Å². The van der Waals surface area contributed by atoms with Crippen molar-refractivity contribution in [3.8, 4) is 0 Å². The number of hydrogen-bond donors (Lipinski definition) is 1. The van der Waals surface area contributed by atoms with Crippen LogP contribution in [0.1, 0.15) is 18.0 Å². The molecule has 7 heteroatoms. The summed E-state index contributed by atoms with van der Waals surface area (Å²) in [6.45, 7) is 0. The topological polar surface area (TPSA) is 71.3 Å². The molecule has 3 heterocycles. The number of benzene rings is 1. The lowest BCUT2D eigenvalue weighted by atomic mass is 10.0. The van der Waals surface area contributed by atoms with Gasteiger partial charge in [-0.15, -0.1) is 0 Å². The van der Waals surface area contributed by atoms with Crippen molar-refractivity contribution in [1.82, 2.24) is 14.9 Å². The number of pyridine rings is 1. The number of likely N-dealkylation sites (N-methyl/N-ethyl adjacent to an activating group) is 1. The third-order valence-corrected chi connectivity index (χ3v) is 4.27. The Kier molecular flexibility index (Phi) is 3.41. The molecular weight excluding hydrogens is 311 g/mol. The van der Waals surface area contributed by atoms with Crippen LogP contribution < -0.4 is 5.32 Å². The first-order valence-electron chi connectivity index (χ1n) is 7.60. The monoisotopic (exact) mass is 326 g/mol. The molecule has 1 amide bonds. The number of halogens is 1. The van der Waals surface area contributed by atoms with E-state index in [0.29, 0.717) is 17.5 Å². The summed E-state index contributed by atoms with van der Waals surface area (Å²) in [5.41, 5.74) is 1.87. The summed E-state index contributed by atoms with van der Waals surface area (Å²) >= 11 is 0. The highest BCUT2D eigenvalue weighted by Crippen LogP contribution is 2.34. The molecule has 1 aliphatic heterocycles. The Bertz CT molecular complexity index is 896. The average molecular weight is 326 g/mol. The van der Waals surface area contributed by atoms with Gasteiger partial charge in [0.2, 0.25) is 5.91 Å². The van der Waals surface area contributed by atoms with Gasteiger partial charge in [-0.3, -0.25) is 9.78 Å². The number of amides is 1. The zero-order valence-corrected chi connectivity index (χ0v) is 12.9. The zero-order valence-electron chi connectivity index (χ0n) is 12.9. The maximum absolute atomic E-state index is 13.3. The van der Waals surface area contributed by atoms with Gasteiger partial charge in [-0.2, -0.15) is 4.98 Å². The molecule has 0 aliphatic carbocycles. The van der Waals surface area contributed by atoms with E-state index in [1.54, 1.807) is 24.3 Å². The minimum Gasteiger partial charge on any atom is -0.424 e. The first-order chi connectivity index (χ1) is 11.6. The third-order valence-electron chi connectivity index (χ3n) is 4.27. The summed E-state index contributed by atoms with van der Waals surface area (Å²) in [7, 11) is 1.77. The number of nitrogens with one attached hydrogen (secondary N) is 1. The number of nitrogens with zero attached hydrogens (tertiary/aromatic N) is 3. The summed E-state index contributed by atoms with van der Waals surface area (Å²) in [6, 6.07) is 7.85. The second kappa shape index (κ2) is 5.59. The van der Waals surface area contributed by atoms with Gasteiger partial charge in [0.15, 0.2) is 5.58 Å². The molecule has 1 N–H and O–H groups in total. The lowest BCUT2D eigenvalue weighted by Gasteiger charge is -2.25. The van der Waals surface area contributed by atoms with E-state index in [-0.39, 0.29) is 29.8 Å². The molecule has 3 aromatic rings. The van der Waals surface area contributed by atoms with Crippen molar-refractivity contribution >= 4 is 23.0 Å². The average Bonchev–Trinajstić information content (AvgIpc) is 3.08. The van der Waals surface area contributed by atoms with Crippen LogP contribution in [0.25, 0.3) is 11.1 Å². The van der Waals surface area contributed by atoms with Crippen molar-refractivity contribution in [2.75, 3.05) is 12.4 Å². The predicted molar refractivity (Wildman–Crippen MR) is 85.7 cm³/mol. The van der Waals surface area contributed by atoms with Gasteiger partial charge in [-0.25, -0.2) is 4.39 Å². The summed E-state index contributed by atoms with van der Waals surface area (Å²) < 4.78 is 18.9. The van der Waals surface area contributed by atoms with Crippen LogP contribution in [0.15, 0.2) is 47.1 Å². The van der Waals surface area contributed by atoms with E-state index in [0.717, 1.165) is 5.56 Å². The molecule has 122 valence electrons. The fourth-order valence-electron chi connectivity index (χ4n) is 3.13. The molecule has 1 saturated heterocycles. The standard InChI is InChI=1S/C17H15FN4O2/c1-22-15(23)8-13(16(22)10-3-2-6-19-9-10)21-17-20-12-7-11(18)4-5-14(12)24-17/h2-7,9,13,16H,8H2,1H3,(H,20,21)/t13-,16+/m1/s1. The second-order valence-corrected chi connectivity index (χ2v) is 5.82. The van der Waals surface area contributed by atoms with E-state index >= 15 is 0 Å². The minimum atomic E-state index is -0.369. The number of carbonyl (C=O) groups excluding carboxylic acids is 1. The van der Waals surface area contributed by atoms with Crippen molar-refractivity contribution in [2.24, 2.45) is 0 Å². The van der Waals surface area contributed by atoms with Crippen molar-refractivity contribution < 1.29 is 13.6 Å². The molecule has 0 radical (unpaired) electrons. The Morgan fingerprint density at radius 3 is 3.04 bits per heavy atom. The van der Waals surface area contributed by atoms with E-state index in [4.69, 9.17) is 4.42 Å². The summed E-state index contributed by atoms with van der Waals surface area (Å²) in [5.74, 6) is -0.338. The van der Waals surface area contributed by atoms with Gasteiger partial charge >= 0.3 is 0 Å². The minimum absolute atomic E-state index is 0.0310. The fraction of sp³-hybridized carbons (Fsp3) is 0.235. The quantitative estimate of drug-likeness (QED) is 0.801. The van der Waals surface area contributed by atoms with Crippen LogP contribution in [-0.2, 0) is 4.79 Å². The van der Waals surface area contributed by atoms with Crippen molar-refractivity contribution in [3.63, 3.8) is 0 Å². The van der Waals surface area contributed by atoms with Crippen molar-refractivity contribution in [1.29, 1.82) is 0 Å². The molecule has 1 fully saturated rings. The third kappa shape index (κ3) is 2.47. The molecule has 0 spiro atoms. The second-order valence-electron chi connectivity index (χ2n) is 5.82. The molecule has 24 heavy (non-hydrogen) atoms. The molecule has 0 bridgehead atoms. The first-order valence-corrected chi connectivity index (χ1v) is 7.60. The SMILES string of the molecule is CN1C(=O)C[C@@H](Nc2nc3cc(F)ccc3o2)[C@@H]1c1cccnc1. The highest BCUT2D eigenvalue weighted by molar-refractivity contribution is 5.81. The van der Waals surface area contributed by atoms with Crippen LogP contribution in [0.3, 0.4) is 0 Å². The van der Waals surface area contributed by atoms with Gasteiger partial charge in [0.05, 0.1) is 12.1 Å². The number of rotatable bonds is 3. The van der Waals surface area contributed by atoms with E-state index in [9.17, 15) is 9.18 Å². The number of aromatic nitrogens is 2. The Hall–Kier alpha value is -2.96. The van der Waals surface area contributed by atoms with Crippen LogP contribution in [0, 0.1) is 5.82 Å². The number of carbonyl (C=O) groups is 1. The Morgan fingerprint density at radius 2 is 2.25 bits per heavy atom. The van der Waals surface area contributed by atoms with Crippen LogP contribution >= 0.6 is 0 Å². The van der Waals surface area contributed by atoms with E-state index < -0.39 is 0 Å². The highest BCUT2D eigenvalue weighted by Gasteiger charge is 2.39. The molecule has 2 atom stereocenters. The molecule has 0 unspecified atom stereocenters. The zero-order chi connectivity index (χ0) is 16.7. The van der Waals surface area contributed by atoms with Crippen LogP contribution in [0.4, 0.5) is 10.4 Å². The Morgan fingerprint density at radius 1 is 1.38 bits per heavy atom. The normalized spacial score (nSPS) is 20.8. The maximum atomic E-state index is 13.3. The largest absolute Gasteiger partial charge is 0.424 e. The highest BCUT2D eigenvalue weighted by atomic mass is 19.1. The van der Waals surface area contributed by atoms with Crippen LogP contribution in [0.2, 0.25) is 0 Å². The van der Waals surface area contributed by atoms with E-state index in [1.165, 1.54) is 18.2 Å². The fourth-order valence-corrected chi connectivity index (χ4v) is 3.13. The molecule has 6 nitrogen and oxygen atoms in total. The number of anilines is 1. The summed E-state index contributed by atoms with van der Waals surface area (Å²) in [4.78, 5) is 22.2. The lowest BCUT2D eigenvalue weighted by Crippen LogP contribution is -2.30. The number of likely N-dealkylation sites (tertiary alicyclic amines) is 1. The molecular formula is C17H15FN4O2. The number of fused-ring (bicyclic) bond motifs is 1. The molecule has 4 rings (SSSR count). The molecule has 1 aliphatic rings. The van der Waals surface area contributed by atoms with E-state index in [1.807, 2.05) is 12.1 Å². The predicted octanol–water partition coefficient (Wildman–Crippen LogP) is 2.75. The maximum Gasteiger partial charge on any atom is 0.296 e. The summed E-state index contributed by atoms with van der Waals surface area (Å²) in [6.07, 6.45) is 3.76. The first kappa shape index (κ1) is 14.6. The van der Waals surface area contributed by atoms with Crippen LogP contribution in [-0.4, -0.2) is 33.9 Å². The molecule has 0 saturated carbocycles. The van der Waals surface area contributed by atoms with E-state index in [2.05, 4.69) is 15.3 Å².